The molecule has 1 aromatic heterocycles. The van der Waals surface area contributed by atoms with E-state index in [2.05, 4.69) is 4.98 Å². The summed E-state index contributed by atoms with van der Waals surface area (Å²) in [6, 6.07) is 11.2. The molecule has 1 amide bonds. The van der Waals surface area contributed by atoms with E-state index in [0.29, 0.717) is 5.69 Å². The maximum absolute atomic E-state index is 12.1. The summed E-state index contributed by atoms with van der Waals surface area (Å²) in [5.41, 5.74) is 3.61. The van der Waals surface area contributed by atoms with Gasteiger partial charge in [0, 0.05) is 32.5 Å². The van der Waals surface area contributed by atoms with Gasteiger partial charge in [-0.25, -0.2) is 4.79 Å². The Bertz CT molecular complexity index is 730. The molecular formula is C18H21N3O3. The lowest BCUT2D eigenvalue weighted by molar-refractivity contribution is -0.156. The van der Waals surface area contributed by atoms with Gasteiger partial charge in [0.25, 0.3) is 0 Å². The van der Waals surface area contributed by atoms with Crippen LogP contribution in [0.3, 0.4) is 0 Å². The first-order valence-electron chi connectivity index (χ1n) is 7.58. The van der Waals surface area contributed by atoms with Crippen LogP contribution in [-0.2, 0) is 22.7 Å². The van der Waals surface area contributed by atoms with E-state index in [0.717, 1.165) is 16.8 Å². The first kappa shape index (κ1) is 17.5. The standard InChI is InChI=1S/C18H21N3O3/c1-13-14(7-6-9-16(13)20(2)3)11-21(17(22)18(23)24)12-15-8-4-5-10-19-15/h4-10H,11-12H2,1-3H3,(H,23,24). The second-order valence-corrected chi connectivity index (χ2v) is 5.74. The highest BCUT2D eigenvalue weighted by molar-refractivity contribution is 6.31. The van der Waals surface area contributed by atoms with Crippen LogP contribution in [0.1, 0.15) is 16.8 Å². The van der Waals surface area contributed by atoms with Crippen LogP contribution in [0.5, 0.6) is 0 Å². The Kier molecular flexibility index (Phi) is 5.52. The van der Waals surface area contributed by atoms with Crippen molar-refractivity contribution < 1.29 is 14.7 Å². The summed E-state index contributed by atoms with van der Waals surface area (Å²) in [6.07, 6.45) is 1.62. The molecular weight excluding hydrogens is 306 g/mol. The van der Waals surface area contributed by atoms with Crippen molar-refractivity contribution in [3.63, 3.8) is 0 Å². The van der Waals surface area contributed by atoms with E-state index in [4.69, 9.17) is 5.11 Å². The highest BCUT2D eigenvalue weighted by Gasteiger charge is 2.22. The summed E-state index contributed by atoms with van der Waals surface area (Å²) in [5.74, 6) is -2.40. The van der Waals surface area contributed by atoms with Gasteiger partial charge in [-0.05, 0) is 36.2 Å². The summed E-state index contributed by atoms with van der Waals surface area (Å²) in [5, 5.41) is 9.10. The predicted molar refractivity (Wildman–Crippen MR) is 91.6 cm³/mol. The molecule has 0 radical (unpaired) electrons. The van der Waals surface area contributed by atoms with Crippen molar-refractivity contribution in [1.29, 1.82) is 0 Å². The van der Waals surface area contributed by atoms with Crippen LogP contribution in [0.2, 0.25) is 0 Å². The van der Waals surface area contributed by atoms with Gasteiger partial charge in [-0.3, -0.25) is 9.78 Å². The fourth-order valence-electron chi connectivity index (χ4n) is 2.55. The lowest BCUT2D eigenvalue weighted by atomic mass is 10.1. The molecule has 126 valence electrons. The molecule has 0 saturated carbocycles. The van der Waals surface area contributed by atoms with Crippen LogP contribution >= 0.6 is 0 Å². The van der Waals surface area contributed by atoms with E-state index in [9.17, 15) is 9.59 Å². The number of aromatic nitrogens is 1. The van der Waals surface area contributed by atoms with E-state index >= 15 is 0 Å². The van der Waals surface area contributed by atoms with Crippen molar-refractivity contribution in [2.45, 2.75) is 20.0 Å². The van der Waals surface area contributed by atoms with E-state index in [1.54, 1.807) is 18.3 Å². The van der Waals surface area contributed by atoms with E-state index in [1.807, 2.05) is 50.2 Å². The SMILES string of the molecule is Cc1c(CN(Cc2ccccn2)C(=O)C(=O)O)cccc1N(C)C. The van der Waals surface area contributed by atoms with Gasteiger partial charge in [-0.1, -0.05) is 18.2 Å². The van der Waals surface area contributed by atoms with E-state index in [1.165, 1.54) is 4.90 Å². The van der Waals surface area contributed by atoms with Crippen LogP contribution in [-0.4, -0.2) is 41.0 Å². The number of pyridine rings is 1. The zero-order chi connectivity index (χ0) is 17.7. The molecule has 6 heteroatoms. The molecule has 0 bridgehead atoms. The van der Waals surface area contributed by atoms with Gasteiger partial charge in [0.1, 0.15) is 0 Å². The number of carbonyl (C=O) groups is 2. The third-order valence-corrected chi connectivity index (χ3v) is 3.81. The van der Waals surface area contributed by atoms with Crippen LogP contribution in [0.15, 0.2) is 42.6 Å². The van der Waals surface area contributed by atoms with Crippen LogP contribution in [0.4, 0.5) is 5.69 Å². The molecule has 0 aliphatic heterocycles. The van der Waals surface area contributed by atoms with Gasteiger partial charge in [-0.2, -0.15) is 0 Å². The van der Waals surface area contributed by atoms with Gasteiger partial charge in [0.05, 0.1) is 12.2 Å². The minimum Gasteiger partial charge on any atom is -0.474 e. The smallest absolute Gasteiger partial charge is 0.394 e. The molecule has 0 aliphatic carbocycles. The molecule has 1 heterocycles. The Morgan fingerprint density at radius 3 is 2.42 bits per heavy atom. The minimum absolute atomic E-state index is 0.150. The molecule has 1 aromatic carbocycles. The van der Waals surface area contributed by atoms with Gasteiger partial charge in [-0.15, -0.1) is 0 Å². The highest BCUT2D eigenvalue weighted by Crippen LogP contribution is 2.23. The molecule has 0 atom stereocenters. The Morgan fingerprint density at radius 1 is 1.08 bits per heavy atom. The summed E-state index contributed by atoms with van der Waals surface area (Å²) < 4.78 is 0. The molecule has 0 spiro atoms. The summed E-state index contributed by atoms with van der Waals surface area (Å²) in [6.45, 7) is 2.34. The molecule has 24 heavy (non-hydrogen) atoms. The number of aliphatic carboxylic acids is 1. The van der Waals surface area contributed by atoms with Crippen molar-refractivity contribution in [1.82, 2.24) is 9.88 Å². The number of carboxylic acid groups (broad SMARTS) is 1. The molecule has 2 aromatic rings. The molecule has 0 fully saturated rings. The lowest BCUT2D eigenvalue weighted by Crippen LogP contribution is -2.36. The first-order chi connectivity index (χ1) is 11.4. The predicted octanol–water partition coefficient (Wildman–Crippen LogP) is 2.07. The second-order valence-electron chi connectivity index (χ2n) is 5.74. The largest absolute Gasteiger partial charge is 0.474 e. The number of hydrogen-bond acceptors (Lipinski definition) is 4. The van der Waals surface area contributed by atoms with Crippen LogP contribution < -0.4 is 4.90 Å². The lowest BCUT2D eigenvalue weighted by Gasteiger charge is -2.24. The van der Waals surface area contributed by atoms with Crippen LogP contribution in [0.25, 0.3) is 0 Å². The number of carboxylic acids is 1. The Morgan fingerprint density at radius 2 is 1.83 bits per heavy atom. The monoisotopic (exact) mass is 327 g/mol. The van der Waals surface area contributed by atoms with E-state index < -0.39 is 11.9 Å². The molecule has 6 nitrogen and oxygen atoms in total. The second kappa shape index (κ2) is 7.59. The average molecular weight is 327 g/mol. The van der Waals surface area contributed by atoms with Crippen molar-refractivity contribution >= 4 is 17.6 Å². The zero-order valence-corrected chi connectivity index (χ0v) is 14.1. The summed E-state index contributed by atoms with van der Waals surface area (Å²) in [4.78, 5) is 30.7. The molecule has 1 N–H and O–H groups in total. The average Bonchev–Trinajstić information content (AvgIpc) is 2.55. The number of anilines is 1. The summed E-state index contributed by atoms with van der Waals surface area (Å²) in [7, 11) is 3.89. The van der Waals surface area contributed by atoms with Gasteiger partial charge in [0.2, 0.25) is 0 Å². The number of nitrogens with zero attached hydrogens (tertiary/aromatic N) is 3. The van der Waals surface area contributed by atoms with Crippen LogP contribution in [0, 0.1) is 6.92 Å². The fourth-order valence-corrected chi connectivity index (χ4v) is 2.55. The normalized spacial score (nSPS) is 10.3. The molecule has 0 unspecified atom stereocenters. The number of carbonyl (C=O) groups excluding carboxylic acids is 1. The zero-order valence-electron chi connectivity index (χ0n) is 14.1. The van der Waals surface area contributed by atoms with Crippen molar-refractivity contribution in [2.24, 2.45) is 0 Å². The highest BCUT2D eigenvalue weighted by atomic mass is 16.4. The van der Waals surface area contributed by atoms with Gasteiger partial charge >= 0.3 is 11.9 Å². The maximum Gasteiger partial charge on any atom is 0.394 e. The molecule has 2 rings (SSSR count). The maximum atomic E-state index is 12.1. The summed E-state index contributed by atoms with van der Waals surface area (Å²) >= 11 is 0. The first-order valence-corrected chi connectivity index (χ1v) is 7.58. The molecule has 0 saturated heterocycles. The minimum atomic E-state index is -1.47. The van der Waals surface area contributed by atoms with Crippen molar-refractivity contribution in [3.05, 3.63) is 59.4 Å². The fraction of sp³-hybridized carbons (Fsp3) is 0.278. The van der Waals surface area contributed by atoms with Gasteiger partial charge in [0.15, 0.2) is 0 Å². The quantitative estimate of drug-likeness (QED) is 0.851. The number of hydrogen-bond donors (Lipinski definition) is 1. The molecule has 0 aliphatic rings. The third-order valence-electron chi connectivity index (χ3n) is 3.81. The third kappa shape index (κ3) is 4.10. The Labute approximate surface area is 141 Å². The number of rotatable bonds is 5. The van der Waals surface area contributed by atoms with Crippen molar-refractivity contribution in [2.75, 3.05) is 19.0 Å². The topological polar surface area (TPSA) is 73.7 Å². The van der Waals surface area contributed by atoms with Gasteiger partial charge < -0.3 is 14.9 Å². The van der Waals surface area contributed by atoms with Crippen molar-refractivity contribution in [3.8, 4) is 0 Å². The number of amides is 1. The Hall–Kier alpha value is -2.89. The van der Waals surface area contributed by atoms with E-state index in [-0.39, 0.29) is 13.1 Å². The Balaban J connectivity index is 2.30. The number of benzene rings is 1.